The van der Waals surface area contributed by atoms with Gasteiger partial charge in [-0.1, -0.05) is 23.7 Å². The van der Waals surface area contributed by atoms with Crippen LogP contribution in [0.3, 0.4) is 0 Å². The van der Waals surface area contributed by atoms with Gasteiger partial charge in [-0.05, 0) is 43.3 Å². The van der Waals surface area contributed by atoms with Gasteiger partial charge >= 0.3 is 0 Å². The minimum atomic E-state index is -0.190. The van der Waals surface area contributed by atoms with E-state index in [1.165, 1.54) is 0 Å². The van der Waals surface area contributed by atoms with Gasteiger partial charge < -0.3 is 20.0 Å². The van der Waals surface area contributed by atoms with Crippen molar-refractivity contribution in [2.24, 2.45) is 0 Å². The molecule has 1 aliphatic rings. The first kappa shape index (κ1) is 20.1. The number of nitrogens with zero attached hydrogens (tertiary/aromatic N) is 2. The number of nitrogens with one attached hydrogen (secondary N) is 3. The maximum absolute atomic E-state index is 13.1. The van der Waals surface area contributed by atoms with Crippen molar-refractivity contribution < 1.29 is 4.74 Å². The van der Waals surface area contributed by atoms with E-state index in [0.717, 1.165) is 73.4 Å². The van der Waals surface area contributed by atoms with Gasteiger partial charge in [0, 0.05) is 30.0 Å². The van der Waals surface area contributed by atoms with Crippen LogP contribution in [0.15, 0.2) is 47.3 Å². The number of anilines is 1. The Balaban J connectivity index is 1.51. The number of benzene rings is 2. The molecule has 2 aromatic carbocycles. The molecule has 4 aromatic rings. The predicted molar refractivity (Wildman–Crippen MR) is 125 cm³/mol. The smallest absolute Gasteiger partial charge is 0.261 e. The highest BCUT2D eigenvalue weighted by molar-refractivity contribution is 6.31. The molecule has 0 unspecified atom stereocenters. The van der Waals surface area contributed by atoms with Crippen molar-refractivity contribution in [3.05, 3.63) is 57.8 Å². The van der Waals surface area contributed by atoms with E-state index in [0.29, 0.717) is 16.4 Å². The molecule has 0 saturated carbocycles. The Morgan fingerprint density at radius 2 is 1.94 bits per heavy atom. The number of halogens is 1. The maximum Gasteiger partial charge on any atom is 0.261 e. The van der Waals surface area contributed by atoms with Gasteiger partial charge in [-0.25, -0.2) is 4.98 Å². The fourth-order valence-corrected chi connectivity index (χ4v) is 4.26. The van der Waals surface area contributed by atoms with E-state index in [4.69, 9.17) is 16.3 Å². The lowest BCUT2D eigenvalue weighted by Gasteiger charge is -2.26. The molecule has 1 saturated heterocycles. The molecule has 0 spiro atoms. The highest BCUT2D eigenvalue weighted by Gasteiger charge is 2.18. The zero-order valence-corrected chi connectivity index (χ0v) is 17.8. The zero-order valence-electron chi connectivity index (χ0n) is 17.1. The Labute approximate surface area is 184 Å². The van der Waals surface area contributed by atoms with Crippen LogP contribution in [0.25, 0.3) is 33.3 Å². The number of H-pyrrole nitrogens is 2. The van der Waals surface area contributed by atoms with Crippen LogP contribution in [0, 0.1) is 0 Å². The summed E-state index contributed by atoms with van der Waals surface area (Å²) in [4.78, 5) is 26.4. The van der Waals surface area contributed by atoms with Gasteiger partial charge in [0.25, 0.3) is 5.56 Å². The van der Waals surface area contributed by atoms with Crippen LogP contribution < -0.4 is 10.9 Å². The van der Waals surface area contributed by atoms with Crippen LogP contribution >= 0.6 is 11.6 Å². The van der Waals surface area contributed by atoms with Crippen molar-refractivity contribution in [3.8, 4) is 11.4 Å². The highest BCUT2D eigenvalue weighted by atomic mass is 35.5. The fraction of sp³-hybridized carbons (Fsp3) is 0.304. The normalized spacial score (nSPS) is 15.0. The van der Waals surface area contributed by atoms with Gasteiger partial charge in [0.2, 0.25) is 0 Å². The molecule has 3 N–H and O–H groups in total. The van der Waals surface area contributed by atoms with E-state index >= 15 is 0 Å². The molecule has 0 bridgehead atoms. The summed E-state index contributed by atoms with van der Waals surface area (Å²) in [5, 5.41) is 5.00. The van der Waals surface area contributed by atoms with Crippen LogP contribution in [0.5, 0.6) is 0 Å². The Bertz CT molecular complexity index is 1240. The number of aromatic nitrogens is 3. The zero-order chi connectivity index (χ0) is 21.2. The molecule has 160 valence electrons. The van der Waals surface area contributed by atoms with Crippen LogP contribution in [0.2, 0.25) is 5.02 Å². The lowest BCUT2D eigenvalue weighted by molar-refractivity contribution is 0.0378. The summed E-state index contributed by atoms with van der Waals surface area (Å²) in [5.74, 6) is 0.542. The van der Waals surface area contributed by atoms with Crippen LogP contribution in [0.4, 0.5) is 5.69 Å². The Morgan fingerprint density at radius 1 is 1.10 bits per heavy atom. The van der Waals surface area contributed by atoms with Crippen molar-refractivity contribution in [2.45, 2.75) is 6.42 Å². The lowest BCUT2D eigenvalue weighted by Crippen LogP contribution is -2.37. The molecule has 0 atom stereocenters. The average molecular weight is 438 g/mol. The molecule has 31 heavy (non-hydrogen) atoms. The van der Waals surface area contributed by atoms with Gasteiger partial charge in [0.1, 0.15) is 11.4 Å². The number of hydrogen-bond donors (Lipinski definition) is 3. The molecular weight excluding hydrogens is 414 g/mol. The Kier molecular flexibility index (Phi) is 5.63. The third-order valence-corrected chi connectivity index (χ3v) is 5.89. The molecule has 0 radical (unpaired) electrons. The monoisotopic (exact) mass is 437 g/mol. The van der Waals surface area contributed by atoms with Gasteiger partial charge in [0.15, 0.2) is 0 Å². The summed E-state index contributed by atoms with van der Waals surface area (Å²) in [6, 6.07) is 13.2. The fourth-order valence-electron chi connectivity index (χ4n) is 4.09. The van der Waals surface area contributed by atoms with E-state index in [9.17, 15) is 4.79 Å². The lowest BCUT2D eigenvalue weighted by atomic mass is 10.1. The number of fused-ring (bicyclic) bond motifs is 2. The Morgan fingerprint density at radius 3 is 2.77 bits per heavy atom. The second kappa shape index (κ2) is 8.70. The predicted octanol–water partition coefficient (Wildman–Crippen LogP) is 3.86. The summed E-state index contributed by atoms with van der Waals surface area (Å²) >= 11 is 6.29. The molecule has 1 aliphatic heterocycles. The number of morpholine rings is 1. The van der Waals surface area contributed by atoms with E-state index in [2.05, 4.69) is 25.2 Å². The molecule has 0 amide bonds. The van der Waals surface area contributed by atoms with Crippen molar-refractivity contribution in [3.63, 3.8) is 0 Å². The highest BCUT2D eigenvalue weighted by Crippen LogP contribution is 2.32. The number of aromatic amines is 2. The first-order chi connectivity index (χ1) is 15.2. The molecule has 3 heterocycles. The van der Waals surface area contributed by atoms with Crippen molar-refractivity contribution in [1.82, 2.24) is 19.9 Å². The first-order valence-corrected chi connectivity index (χ1v) is 10.9. The van der Waals surface area contributed by atoms with Crippen molar-refractivity contribution >= 4 is 39.2 Å². The van der Waals surface area contributed by atoms with Crippen LogP contribution in [-0.2, 0) is 4.74 Å². The van der Waals surface area contributed by atoms with Crippen LogP contribution in [-0.4, -0.2) is 59.2 Å². The molecule has 8 heteroatoms. The summed E-state index contributed by atoms with van der Waals surface area (Å²) in [6.45, 7) is 5.23. The molecule has 7 nitrogen and oxygen atoms in total. The van der Waals surface area contributed by atoms with Gasteiger partial charge in [0.05, 0.1) is 35.5 Å². The van der Waals surface area contributed by atoms with E-state index in [1.54, 1.807) is 6.07 Å². The summed E-state index contributed by atoms with van der Waals surface area (Å²) in [6.07, 6.45) is 0.953. The van der Waals surface area contributed by atoms with Crippen LogP contribution in [0.1, 0.15) is 6.42 Å². The maximum atomic E-state index is 13.1. The third kappa shape index (κ3) is 4.17. The number of pyridine rings is 1. The molecule has 0 aliphatic carbocycles. The number of rotatable bonds is 6. The number of para-hydroxylation sites is 2. The number of ether oxygens (including phenoxy) is 1. The van der Waals surface area contributed by atoms with Crippen molar-refractivity contribution in [1.29, 1.82) is 0 Å². The minimum Gasteiger partial charge on any atom is -0.384 e. The third-order valence-electron chi connectivity index (χ3n) is 5.66. The van der Waals surface area contributed by atoms with E-state index in [1.807, 2.05) is 36.4 Å². The van der Waals surface area contributed by atoms with E-state index < -0.39 is 0 Å². The Hall–Kier alpha value is -2.87. The first-order valence-electron chi connectivity index (χ1n) is 10.5. The minimum absolute atomic E-state index is 0.190. The second-order valence-corrected chi connectivity index (χ2v) is 8.17. The summed E-state index contributed by atoms with van der Waals surface area (Å²) < 4.78 is 5.42. The molecule has 1 fully saturated rings. The number of hydrogen-bond acceptors (Lipinski definition) is 5. The summed E-state index contributed by atoms with van der Waals surface area (Å²) in [5.41, 5.74) is 3.51. The molecular formula is C23H24ClN5O2. The average Bonchev–Trinajstić information content (AvgIpc) is 3.21. The van der Waals surface area contributed by atoms with E-state index in [-0.39, 0.29) is 5.56 Å². The largest absolute Gasteiger partial charge is 0.384 e. The number of imidazole rings is 1. The quantitative estimate of drug-likeness (QED) is 0.399. The summed E-state index contributed by atoms with van der Waals surface area (Å²) in [7, 11) is 0. The molecule has 5 rings (SSSR count). The van der Waals surface area contributed by atoms with Gasteiger partial charge in [-0.3, -0.25) is 9.69 Å². The van der Waals surface area contributed by atoms with Gasteiger partial charge in [-0.15, -0.1) is 0 Å². The second-order valence-electron chi connectivity index (χ2n) is 7.73. The van der Waals surface area contributed by atoms with Gasteiger partial charge in [-0.2, -0.15) is 0 Å². The topological polar surface area (TPSA) is 86.0 Å². The van der Waals surface area contributed by atoms with Crippen molar-refractivity contribution in [2.75, 3.05) is 44.7 Å². The SMILES string of the molecule is O=c1[nH]c2ccc(Cl)cc2c(NCCCN2CCOCC2)c1-c1nc2ccccc2[nH]1. The standard InChI is InChI=1S/C23H24ClN5O2/c24-15-6-7-17-16(14-15)21(25-8-3-9-29-10-12-31-13-11-29)20(23(30)28-17)22-26-18-4-1-2-5-19(18)27-22/h1-2,4-7,14H,3,8-13H2,(H,26,27)(H2,25,28,30). The molecule has 2 aromatic heterocycles.